The first-order chi connectivity index (χ1) is 9.19. The lowest BCUT2D eigenvalue weighted by Crippen LogP contribution is -2.11. The molecule has 6 heteroatoms. The summed E-state index contributed by atoms with van der Waals surface area (Å²) in [5.74, 6) is -0.824. The number of rotatable bonds is 5. The molecule has 2 rings (SSSR count). The zero-order valence-corrected chi connectivity index (χ0v) is 10.5. The third-order valence-electron chi connectivity index (χ3n) is 2.41. The van der Waals surface area contributed by atoms with Crippen molar-refractivity contribution in [3.63, 3.8) is 0 Å². The van der Waals surface area contributed by atoms with Gasteiger partial charge in [-0.1, -0.05) is 6.07 Å². The van der Waals surface area contributed by atoms with Crippen molar-refractivity contribution in [3.05, 3.63) is 48.0 Å². The minimum absolute atomic E-state index is 0.262. The Bertz CT molecular complexity index is 569. The highest BCUT2D eigenvalue weighted by Crippen LogP contribution is 2.09. The first-order valence-corrected chi connectivity index (χ1v) is 5.86. The van der Waals surface area contributed by atoms with Gasteiger partial charge in [0.05, 0.1) is 18.1 Å². The number of halogens is 1. The van der Waals surface area contributed by atoms with Crippen molar-refractivity contribution in [2.24, 2.45) is 0 Å². The highest BCUT2D eigenvalue weighted by Gasteiger charge is 2.08. The van der Waals surface area contributed by atoms with Crippen LogP contribution in [0.2, 0.25) is 0 Å². The number of carbonyl (C=O) groups excluding carboxylic acids is 1. The maximum atomic E-state index is 13.0. The summed E-state index contributed by atoms with van der Waals surface area (Å²) in [6, 6.07) is 5.50. The summed E-state index contributed by atoms with van der Waals surface area (Å²) in [7, 11) is 0. The van der Waals surface area contributed by atoms with Crippen molar-refractivity contribution in [2.75, 3.05) is 11.9 Å². The molecular weight excluding hydrogens is 249 g/mol. The van der Waals surface area contributed by atoms with Crippen LogP contribution in [0.4, 0.5) is 10.1 Å². The number of anilines is 1. The molecule has 0 spiro atoms. The Balaban J connectivity index is 2.00. The van der Waals surface area contributed by atoms with Crippen LogP contribution in [0.25, 0.3) is 0 Å². The van der Waals surface area contributed by atoms with Crippen molar-refractivity contribution in [2.45, 2.75) is 13.7 Å². The van der Waals surface area contributed by atoms with Gasteiger partial charge in [-0.25, -0.2) is 9.07 Å². The highest BCUT2D eigenvalue weighted by atomic mass is 19.1. The van der Waals surface area contributed by atoms with Gasteiger partial charge in [0.1, 0.15) is 12.5 Å². The Labute approximate surface area is 110 Å². The van der Waals surface area contributed by atoms with Crippen LogP contribution in [0.15, 0.2) is 36.7 Å². The van der Waals surface area contributed by atoms with E-state index in [4.69, 9.17) is 4.74 Å². The van der Waals surface area contributed by atoms with E-state index in [1.54, 1.807) is 16.9 Å². The number of benzene rings is 1. The molecule has 0 saturated carbocycles. The Morgan fingerprint density at radius 3 is 3.11 bits per heavy atom. The van der Waals surface area contributed by atoms with E-state index in [1.165, 1.54) is 24.4 Å². The summed E-state index contributed by atoms with van der Waals surface area (Å²) >= 11 is 0. The topological polar surface area (TPSA) is 56.1 Å². The first-order valence-electron chi connectivity index (χ1n) is 5.86. The molecule has 0 radical (unpaired) electrons. The van der Waals surface area contributed by atoms with E-state index >= 15 is 0 Å². The van der Waals surface area contributed by atoms with Crippen LogP contribution >= 0.6 is 0 Å². The van der Waals surface area contributed by atoms with Gasteiger partial charge in [-0.3, -0.25) is 4.79 Å². The molecule has 0 fully saturated rings. The minimum atomic E-state index is -0.445. The molecule has 0 unspecified atom stereocenters. The van der Waals surface area contributed by atoms with Gasteiger partial charge in [-0.15, -0.1) is 0 Å². The Hall–Kier alpha value is -2.21. The molecule has 100 valence electrons. The van der Waals surface area contributed by atoms with Gasteiger partial charge in [0.2, 0.25) is 0 Å². The molecule has 1 aromatic carbocycles. The summed E-state index contributed by atoms with van der Waals surface area (Å²) in [5, 5.41) is 6.66. The summed E-state index contributed by atoms with van der Waals surface area (Å²) < 4.78 is 19.7. The fourth-order valence-corrected chi connectivity index (χ4v) is 1.52. The normalized spacial score (nSPS) is 10.4. The van der Waals surface area contributed by atoms with Crippen LogP contribution in [0, 0.1) is 5.82 Å². The predicted octanol–water partition coefficient (Wildman–Crippen LogP) is 2.27. The zero-order valence-electron chi connectivity index (χ0n) is 10.5. The van der Waals surface area contributed by atoms with Crippen molar-refractivity contribution in [3.8, 4) is 0 Å². The Morgan fingerprint density at radius 1 is 1.53 bits per heavy atom. The SMILES string of the molecule is CCOCn1cc(NC(=O)c2cccc(F)c2)cn1. The third-order valence-corrected chi connectivity index (χ3v) is 2.41. The van der Waals surface area contributed by atoms with E-state index in [0.717, 1.165) is 0 Å². The summed E-state index contributed by atoms with van der Waals surface area (Å²) in [6.07, 6.45) is 3.16. The summed E-state index contributed by atoms with van der Waals surface area (Å²) in [4.78, 5) is 11.8. The summed E-state index contributed by atoms with van der Waals surface area (Å²) in [5.41, 5.74) is 0.798. The van der Waals surface area contributed by atoms with Gasteiger partial charge < -0.3 is 10.1 Å². The van der Waals surface area contributed by atoms with Crippen LogP contribution in [0.5, 0.6) is 0 Å². The zero-order chi connectivity index (χ0) is 13.7. The second kappa shape index (κ2) is 6.10. The second-order valence-corrected chi connectivity index (χ2v) is 3.85. The van der Waals surface area contributed by atoms with Crippen molar-refractivity contribution in [1.82, 2.24) is 9.78 Å². The molecule has 2 aromatic rings. The number of nitrogens with zero attached hydrogens (tertiary/aromatic N) is 2. The smallest absolute Gasteiger partial charge is 0.255 e. The molecule has 0 bridgehead atoms. The second-order valence-electron chi connectivity index (χ2n) is 3.85. The lowest BCUT2D eigenvalue weighted by Gasteiger charge is -2.02. The van der Waals surface area contributed by atoms with Crippen LogP contribution < -0.4 is 5.32 Å². The number of hydrogen-bond donors (Lipinski definition) is 1. The molecule has 1 N–H and O–H groups in total. The number of aromatic nitrogens is 2. The highest BCUT2D eigenvalue weighted by molar-refractivity contribution is 6.04. The van der Waals surface area contributed by atoms with Gasteiger partial charge in [0.25, 0.3) is 5.91 Å². The van der Waals surface area contributed by atoms with Crippen LogP contribution in [0.3, 0.4) is 0 Å². The number of carbonyl (C=O) groups is 1. The molecule has 0 aliphatic carbocycles. The average molecular weight is 263 g/mol. The van der Waals surface area contributed by atoms with E-state index < -0.39 is 5.82 Å². The van der Waals surface area contributed by atoms with Gasteiger partial charge in [-0.2, -0.15) is 5.10 Å². The molecule has 1 aromatic heterocycles. The van der Waals surface area contributed by atoms with Gasteiger partial charge >= 0.3 is 0 Å². The van der Waals surface area contributed by atoms with E-state index in [9.17, 15) is 9.18 Å². The number of ether oxygens (including phenoxy) is 1. The van der Waals surface area contributed by atoms with E-state index in [0.29, 0.717) is 19.0 Å². The fraction of sp³-hybridized carbons (Fsp3) is 0.231. The van der Waals surface area contributed by atoms with Gasteiger partial charge in [0, 0.05) is 12.2 Å². The number of amides is 1. The molecule has 1 heterocycles. The molecular formula is C13H14FN3O2. The predicted molar refractivity (Wildman–Crippen MR) is 68.2 cm³/mol. The van der Waals surface area contributed by atoms with Crippen molar-refractivity contribution < 1.29 is 13.9 Å². The molecule has 0 aliphatic heterocycles. The summed E-state index contributed by atoms with van der Waals surface area (Å²) in [6.45, 7) is 2.80. The number of nitrogens with one attached hydrogen (secondary N) is 1. The largest absolute Gasteiger partial charge is 0.360 e. The van der Waals surface area contributed by atoms with E-state index in [2.05, 4.69) is 10.4 Å². The molecule has 5 nitrogen and oxygen atoms in total. The minimum Gasteiger partial charge on any atom is -0.360 e. The van der Waals surface area contributed by atoms with E-state index in [-0.39, 0.29) is 11.5 Å². The first kappa shape index (κ1) is 13.2. The average Bonchev–Trinajstić information content (AvgIpc) is 2.84. The quantitative estimate of drug-likeness (QED) is 0.900. The fourth-order valence-electron chi connectivity index (χ4n) is 1.52. The maximum Gasteiger partial charge on any atom is 0.255 e. The molecule has 0 aliphatic rings. The third kappa shape index (κ3) is 3.62. The van der Waals surface area contributed by atoms with Gasteiger partial charge in [-0.05, 0) is 25.1 Å². The monoisotopic (exact) mass is 263 g/mol. The molecule has 0 atom stereocenters. The standard InChI is InChI=1S/C13H14FN3O2/c1-2-19-9-17-8-12(7-15-17)16-13(18)10-4-3-5-11(14)6-10/h3-8H,2,9H2,1H3,(H,16,18). The lowest BCUT2D eigenvalue weighted by atomic mass is 10.2. The molecule has 1 amide bonds. The van der Waals surface area contributed by atoms with Gasteiger partial charge in [0.15, 0.2) is 0 Å². The lowest BCUT2D eigenvalue weighted by molar-refractivity contribution is 0.0792. The molecule has 19 heavy (non-hydrogen) atoms. The maximum absolute atomic E-state index is 13.0. The van der Waals surface area contributed by atoms with Crippen molar-refractivity contribution >= 4 is 11.6 Å². The Kier molecular flexibility index (Phi) is 4.25. The van der Waals surface area contributed by atoms with Crippen LogP contribution in [-0.2, 0) is 11.5 Å². The van der Waals surface area contributed by atoms with E-state index in [1.807, 2.05) is 6.92 Å². The van der Waals surface area contributed by atoms with Crippen LogP contribution in [-0.4, -0.2) is 22.3 Å². The van der Waals surface area contributed by atoms with Crippen LogP contribution in [0.1, 0.15) is 17.3 Å². The number of hydrogen-bond acceptors (Lipinski definition) is 3. The molecule has 0 saturated heterocycles. The Morgan fingerprint density at radius 2 is 2.37 bits per heavy atom. The van der Waals surface area contributed by atoms with Crippen molar-refractivity contribution in [1.29, 1.82) is 0 Å².